The van der Waals surface area contributed by atoms with Gasteiger partial charge in [-0.15, -0.1) is 0 Å². The molecule has 27 heavy (non-hydrogen) atoms. The highest BCUT2D eigenvalue weighted by Crippen LogP contribution is 2.19. The average molecular weight is 450 g/mol. The largest absolute Gasteiger partial charge is 0.489 e. The van der Waals surface area contributed by atoms with Crippen molar-refractivity contribution in [3.63, 3.8) is 0 Å². The SMILES string of the molecule is O=C(NC(NC(=O)C(Cl)Cl)c1ccc(OCc2ccccc2)cc1)C(Cl)Cl. The van der Waals surface area contributed by atoms with Crippen molar-refractivity contribution in [2.75, 3.05) is 0 Å². The van der Waals surface area contributed by atoms with Gasteiger partial charge in [0.1, 0.15) is 18.5 Å². The molecule has 0 aliphatic rings. The summed E-state index contributed by atoms with van der Waals surface area (Å²) in [4.78, 5) is 21.0. The van der Waals surface area contributed by atoms with E-state index in [0.717, 1.165) is 5.56 Å². The van der Waals surface area contributed by atoms with E-state index in [9.17, 15) is 9.59 Å². The molecule has 2 N–H and O–H groups in total. The van der Waals surface area contributed by atoms with E-state index in [1.807, 2.05) is 30.3 Å². The lowest BCUT2D eigenvalue weighted by atomic mass is 10.1. The molecule has 0 saturated carbocycles. The quantitative estimate of drug-likeness (QED) is 0.470. The van der Waals surface area contributed by atoms with Crippen molar-refractivity contribution in [3.8, 4) is 5.75 Å². The second-order valence-electron chi connectivity index (χ2n) is 5.39. The molecule has 0 radical (unpaired) electrons. The van der Waals surface area contributed by atoms with Gasteiger partial charge in [0.2, 0.25) is 0 Å². The maximum absolute atomic E-state index is 11.8. The monoisotopic (exact) mass is 448 g/mol. The van der Waals surface area contributed by atoms with Gasteiger partial charge in [-0.1, -0.05) is 88.9 Å². The first-order chi connectivity index (χ1) is 12.9. The van der Waals surface area contributed by atoms with Crippen LogP contribution in [-0.4, -0.2) is 21.5 Å². The number of amides is 2. The molecule has 5 nitrogen and oxygen atoms in total. The predicted molar refractivity (Wildman–Crippen MR) is 107 cm³/mol. The van der Waals surface area contributed by atoms with Gasteiger partial charge in [-0.2, -0.15) is 0 Å². The Labute approximate surface area is 176 Å². The minimum atomic E-state index is -1.29. The van der Waals surface area contributed by atoms with E-state index < -0.39 is 27.7 Å². The van der Waals surface area contributed by atoms with Gasteiger partial charge in [0, 0.05) is 0 Å². The van der Waals surface area contributed by atoms with Crippen LogP contribution in [0.15, 0.2) is 54.6 Å². The zero-order chi connectivity index (χ0) is 19.8. The van der Waals surface area contributed by atoms with Crippen LogP contribution in [0.25, 0.3) is 0 Å². The third-order valence-electron chi connectivity index (χ3n) is 3.43. The van der Waals surface area contributed by atoms with Crippen LogP contribution in [0.2, 0.25) is 0 Å². The van der Waals surface area contributed by atoms with Crippen molar-refractivity contribution in [2.45, 2.75) is 22.4 Å². The van der Waals surface area contributed by atoms with Gasteiger partial charge < -0.3 is 15.4 Å². The molecule has 0 fully saturated rings. The van der Waals surface area contributed by atoms with Gasteiger partial charge in [-0.25, -0.2) is 0 Å². The van der Waals surface area contributed by atoms with E-state index in [0.29, 0.717) is 17.9 Å². The van der Waals surface area contributed by atoms with Crippen molar-refractivity contribution in [2.24, 2.45) is 0 Å². The summed E-state index contributed by atoms with van der Waals surface area (Å²) in [7, 11) is 0. The zero-order valence-electron chi connectivity index (χ0n) is 13.9. The lowest BCUT2D eigenvalue weighted by molar-refractivity contribution is -0.122. The van der Waals surface area contributed by atoms with Gasteiger partial charge in [-0.3, -0.25) is 9.59 Å². The molecule has 0 heterocycles. The Kier molecular flexibility index (Phi) is 8.51. The summed E-state index contributed by atoms with van der Waals surface area (Å²) < 4.78 is 5.71. The van der Waals surface area contributed by atoms with Crippen LogP contribution >= 0.6 is 46.4 Å². The fraction of sp³-hybridized carbons (Fsp3) is 0.222. The molecule has 144 valence electrons. The van der Waals surface area contributed by atoms with E-state index >= 15 is 0 Å². The van der Waals surface area contributed by atoms with E-state index in [4.69, 9.17) is 51.1 Å². The fourth-order valence-corrected chi connectivity index (χ4v) is 2.36. The van der Waals surface area contributed by atoms with Gasteiger partial charge in [0.05, 0.1) is 0 Å². The number of alkyl halides is 4. The van der Waals surface area contributed by atoms with Crippen molar-refractivity contribution in [1.82, 2.24) is 10.6 Å². The number of benzene rings is 2. The number of nitrogens with one attached hydrogen (secondary N) is 2. The Balaban J connectivity index is 2.07. The maximum Gasteiger partial charge on any atom is 0.255 e. The fourth-order valence-electron chi connectivity index (χ4n) is 2.11. The van der Waals surface area contributed by atoms with Crippen molar-refractivity contribution in [1.29, 1.82) is 0 Å². The molecule has 2 aromatic carbocycles. The molecule has 0 unspecified atom stereocenters. The standard InChI is InChI=1S/C18H16Cl4N2O3/c19-14(20)17(25)23-16(24-18(26)15(21)22)12-6-8-13(9-7-12)27-10-11-4-2-1-3-5-11/h1-9,14-16H,10H2,(H,23,25)(H,24,26). The average Bonchev–Trinajstić information content (AvgIpc) is 2.66. The van der Waals surface area contributed by atoms with Gasteiger partial charge >= 0.3 is 0 Å². The lowest BCUT2D eigenvalue weighted by Crippen LogP contribution is -2.44. The molecule has 0 spiro atoms. The molecule has 0 aliphatic heterocycles. The summed E-state index contributed by atoms with van der Waals surface area (Å²) in [5, 5.41) is 5.01. The number of halogens is 4. The Hall–Kier alpha value is -1.66. The smallest absolute Gasteiger partial charge is 0.255 e. The van der Waals surface area contributed by atoms with Crippen LogP contribution in [0.4, 0.5) is 0 Å². The van der Waals surface area contributed by atoms with Gasteiger partial charge in [0.25, 0.3) is 11.8 Å². The number of ether oxygens (including phenoxy) is 1. The highest BCUT2D eigenvalue weighted by atomic mass is 35.5. The molecule has 0 saturated heterocycles. The Morgan fingerprint density at radius 3 is 1.81 bits per heavy atom. The molecule has 0 aromatic heterocycles. The van der Waals surface area contributed by atoms with Crippen LogP contribution in [0.3, 0.4) is 0 Å². The number of carbonyl (C=O) groups excluding carboxylic acids is 2. The van der Waals surface area contributed by atoms with Crippen molar-refractivity contribution in [3.05, 3.63) is 65.7 Å². The van der Waals surface area contributed by atoms with Crippen LogP contribution in [0.5, 0.6) is 5.75 Å². The summed E-state index contributed by atoms with van der Waals surface area (Å²) in [5.74, 6) is -0.721. The third-order valence-corrected chi connectivity index (χ3v) is 4.22. The lowest BCUT2D eigenvalue weighted by Gasteiger charge is -2.21. The molecule has 0 aliphatic carbocycles. The van der Waals surface area contributed by atoms with Crippen LogP contribution in [-0.2, 0) is 16.2 Å². The number of rotatable bonds is 8. The predicted octanol–water partition coefficient (Wildman–Crippen LogP) is 4.10. The first-order valence-electron chi connectivity index (χ1n) is 7.80. The molecular formula is C18H16Cl4N2O3. The zero-order valence-corrected chi connectivity index (χ0v) is 16.9. The van der Waals surface area contributed by atoms with Crippen LogP contribution in [0.1, 0.15) is 17.3 Å². The summed E-state index contributed by atoms with van der Waals surface area (Å²) in [5.41, 5.74) is 1.59. The molecule has 2 aromatic rings. The molecule has 9 heteroatoms. The Bertz CT molecular complexity index is 733. The molecule has 2 amide bonds. The number of hydrogen-bond donors (Lipinski definition) is 2. The molecule has 0 atom stereocenters. The van der Waals surface area contributed by atoms with Crippen molar-refractivity contribution >= 4 is 58.2 Å². The van der Waals surface area contributed by atoms with E-state index in [-0.39, 0.29) is 0 Å². The van der Waals surface area contributed by atoms with E-state index in [2.05, 4.69) is 10.6 Å². The minimum absolute atomic E-state index is 0.414. The minimum Gasteiger partial charge on any atom is -0.489 e. The summed E-state index contributed by atoms with van der Waals surface area (Å²) in [6.07, 6.45) is -0.909. The Morgan fingerprint density at radius 2 is 1.33 bits per heavy atom. The van der Waals surface area contributed by atoms with Crippen LogP contribution < -0.4 is 15.4 Å². The highest BCUT2D eigenvalue weighted by Gasteiger charge is 2.22. The first kappa shape index (κ1) is 21.6. The van der Waals surface area contributed by atoms with Crippen molar-refractivity contribution < 1.29 is 14.3 Å². The summed E-state index contributed by atoms with van der Waals surface area (Å²) in [6.45, 7) is 0.414. The Morgan fingerprint density at radius 1 is 0.815 bits per heavy atom. The molecular weight excluding hydrogens is 434 g/mol. The van der Waals surface area contributed by atoms with Gasteiger partial charge in [-0.05, 0) is 23.3 Å². The van der Waals surface area contributed by atoms with Gasteiger partial charge in [0.15, 0.2) is 9.67 Å². The normalized spacial score (nSPS) is 10.9. The number of hydrogen-bond acceptors (Lipinski definition) is 3. The van der Waals surface area contributed by atoms with E-state index in [1.165, 1.54) is 0 Å². The third kappa shape index (κ3) is 7.11. The molecule has 0 bridgehead atoms. The maximum atomic E-state index is 11.8. The second-order valence-corrected chi connectivity index (χ2v) is 7.59. The van der Waals surface area contributed by atoms with Crippen LogP contribution in [0, 0.1) is 0 Å². The van der Waals surface area contributed by atoms with E-state index in [1.54, 1.807) is 24.3 Å². The summed E-state index contributed by atoms with van der Waals surface area (Å²) in [6, 6.07) is 16.5. The topological polar surface area (TPSA) is 67.4 Å². The molecule has 2 rings (SSSR count). The number of carbonyl (C=O) groups is 2. The first-order valence-corrected chi connectivity index (χ1v) is 9.55. The highest BCUT2D eigenvalue weighted by molar-refractivity contribution is 6.54. The summed E-state index contributed by atoms with van der Waals surface area (Å²) >= 11 is 22.2. The second kappa shape index (κ2) is 10.6.